The van der Waals surface area contributed by atoms with Crippen molar-refractivity contribution in [3.05, 3.63) is 16.0 Å². The monoisotopic (exact) mass is 312 g/mol. The molecule has 0 saturated heterocycles. The summed E-state index contributed by atoms with van der Waals surface area (Å²) in [5.74, 6) is -0.956. The Balaban J connectivity index is 2.06. The van der Waals surface area contributed by atoms with Crippen molar-refractivity contribution < 1.29 is 19.8 Å². The number of amides is 2. The van der Waals surface area contributed by atoms with Gasteiger partial charge in [-0.2, -0.15) is 0 Å². The summed E-state index contributed by atoms with van der Waals surface area (Å²) in [6, 6.07) is -0.463. The van der Waals surface area contributed by atoms with Gasteiger partial charge in [-0.25, -0.2) is 9.59 Å². The lowest BCUT2D eigenvalue weighted by Crippen LogP contribution is -2.41. The van der Waals surface area contributed by atoms with Gasteiger partial charge in [0.1, 0.15) is 5.00 Å². The molecule has 1 fully saturated rings. The first-order chi connectivity index (χ1) is 9.93. The highest BCUT2D eigenvalue weighted by Crippen LogP contribution is 2.32. The Labute approximate surface area is 127 Å². The fourth-order valence-electron chi connectivity index (χ4n) is 2.73. The predicted molar refractivity (Wildman–Crippen MR) is 81.1 cm³/mol. The van der Waals surface area contributed by atoms with E-state index in [1.807, 2.05) is 6.92 Å². The molecule has 2 rings (SSSR count). The molecule has 1 aromatic heterocycles. The Bertz CT molecular complexity index is 555. The van der Waals surface area contributed by atoms with Gasteiger partial charge >= 0.3 is 12.0 Å². The number of carboxylic acid groups (broad SMARTS) is 1. The van der Waals surface area contributed by atoms with Gasteiger partial charge in [-0.05, 0) is 32.3 Å². The number of anilines is 1. The van der Waals surface area contributed by atoms with Crippen molar-refractivity contribution in [3.63, 3.8) is 0 Å². The maximum atomic E-state index is 12.0. The van der Waals surface area contributed by atoms with Gasteiger partial charge in [-0.3, -0.25) is 5.32 Å². The van der Waals surface area contributed by atoms with E-state index in [1.54, 1.807) is 6.92 Å². The molecule has 1 aliphatic carbocycles. The van der Waals surface area contributed by atoms with Gasteiger partial charge in [-0.1, -0.05) is 6.42 Å². The van der Waals surface area contributed by atoms with Gasteiger partial charge in [0, 0.05) is 23.4 Å². The van der Waals surface area contributed by atoms with E-state index in [0.29, 0.717) is 10.6 Å². The number of rotatable bonds is 4. The van der Waals surface area contributed by atoms with Crippen LogP contribution in [0, 0.1) is 19.8 Å². The number of aliphatic hydroxyl groups is 1. The number of hydrogen-bond donors (Lipinski definition) is 4. The maximum absolute atomic E-state index is 12.0. The summed E-state index contributed by atoms with van der Waals surface area (Å²) in [6.07, 6.45) is 2.72. The van der Waals surface area contributed by atoms with Crippen LogP contribution in [0.2, 0.25) is 0 Å². The van der Waals surface area contributed by atoms with E-state index in [2.05, 4.69) is 10.6 Å². The van der Waals surface area contributed by atoms with Crippen molar-refractivity contribution in [1.29, 1.82) is 0 Å². The van der Waals surface area contributed by atoms with Crippen LogP contribution in [0.15, 0.2) is 0 Å². The number of thiophene rings is 1. The number of aliphatic hydroxyl groups excluding tert-OH is 1. The molecule has 2 unspecified atom stereocenters. The summed E-state index contributed by atoms with van der Waals surface area (Å²) < 4.78 is 0. The summed E-state index contributed by atoms with van der Waals surface area (Å²) in [7, 11) is 0. The van der Waals surface area contributed by atoms with Crippen LogP contribution in [0.25, 0.3) is 0 Å². The summed E-state index contributed by atoms with van der Waals surface area (Å²) >= 11 is 1.26. The summed E-state index contributed by atoms with van der Waals surface area (Å²) in [4.78, 5) is 24.2. The van der Waals surface area contributed by atoms with Crippen LogP contribution in [0.3, 0.4) is 0 Å². The Hall–Kier alpha value is -1.60. The zero-order valence-corrected chi connectivity index (χ0v) is 12.9. The van der Waals surface area contributed by atoms with Crippen molar-refractivity contribution >= 4 is 28.3 Å². The molecule has 2 atom stereocenters. The van der Waals surface area contributed by atoms with Gasteiger partial charge < -0.3 is 15.5 Å². The first-order valence-corrected chi connectivity index (χ1v) is 7.77. The van der Waals surface area contributed by atoms with Gasteiger partial charge in [0.05, 0.1) is 5.56 Å². The van der Waals surface area contributed by atoms with Gasteiger partial charge in [-0.15, -0.1) is 11.3 Å². The van der Waals surface area contributed by atoms with Crippen LogP contribution in [0.1, 0.15) is 40.1 Å². The number of carboxylic acids is 1. The molecule has 1 aliphatic rings. The fourth-order valence-corrected chi connectivity index (χ4v) is 3.77. The zero-order valence-electron chi connectivity index (χ0n) is 12.1. The van der Waals surface area contributed by atoms with Crippen LogP contribution in [0.5, 0.6) is 0 Å². The lowest BCUT2D eigenvalue weighted by atomic mass is 10.1. The van der Waals surface area contributed by atoms with Crippen molar-refractivity contribution in [2.24, 2.45) is 5.92 Å². The molecule has 2 amide bonds. The molecular weight excluding hydrogens is 292 g/mol. The molecule has 7 heteroatoms. The highest BCUT2D eigenvalue weighted by atomic mass is 32.1. The number of nitrogens with one attached hydrogen (secondary N) is 2. The number of hydrogen-bond acceptors (Lipinski definition) is 4. The molecule has 1 aromatic rings. The molecule has 0 aliphatic heterocycles. The minimum Gasteiger partial charge on any atom is -0.478 e. The molecule has 0 spiro atoms. The van der Waals surface area contributed by atoms with E-state index in [1.165, 1.54) is 11.3 Å². The Morgan fingerprint density at radius 1 is 1.33 bits per heavy atom. The van der Waals surface area contributed by atoms with Crippen LogP contribution in [-0.4, -0.2) is 34.9 Å². The van der Waals surface area contributed by atoms with Crippen LogP contribution in [0.4, 0.5) is 9.80 Å². The number of aryl methyl sites for hydroxylation is 1. The zero-order chi connectivity index (χ0) is 15.6. The lowest BCUT2D eigenvalue weighted by molar-refractivity contribution is 0.0697. The standard InChI is InChI=1S/C14H20N2O4S/c1-7-8(2)21-12(11(7)13(18)19)16-14(20)15-10-5-3-4-9(10)6-17/h9-10,17H,3-6H2,1-2H3,(H,18,19)(H2,15,16,20). The first kappa shape index (κ1) is 15.8. The second kappa shape index (κ2) is 6.44. The molecule has 0 aromatic carbocycles. The number of aromatic carboxylic acids is 1. The third kappa shape index (κ3) is 3.36. The molecule has 4 N–H and O–H groups in total. The van der Waals surface area contributed by atoms with E-state index in [0.717, 1.165) is 24.1 Å². The summed E-state index contributed by atoms with van der Waals surface area (Å²) in [5.41, 5.74) is 0.828. The normalized spacial score (nSPS) is 21.3. The first-order valence-electron chi connectivity index (χ1n) is 6.95. The van der Waals surface area contributed by atoms with E-state index in [9.17, 15) is 19.8 Å². The molecular formula is C14H20N2O4S. The number of carbonyl (C=O) groups excluding carboxylic acids is 1. The molecule has 6 nitrogen and oxygen atoms in total. The SMILES string of the molecule is Cc1sc(NC(=O)NC2CCCC2CO)c(C(=O)O)c1C. The highest BCUT2D eigenvalue weighted by molar-refractivity contribution is 7.16. The molecule has 116 valence electrons. The molecule has 1 saturated carbocycles. The second-order valence-electron chi connectivity index (χ2n) is 5.37. The third-order valence-corrected chi connectivity index (χ3v) is 5.16. The maximum Gasteiger partial charge on any atom is 0.338 e. The van der Waals surface area contributed by atoms with E-state index in [4.69, 9.17) is 0 Å². The summed E-state index contributed by atoms with van der Waals surface area (Å²) in [6.45, 7) is 3.62. The smallest absolute Gasteiger partial charge is 0.338 e. The topological polar surface area (TPSA) is 98.7 Å². The fraction of sp³-hybridized carbons (Fsp3) is 0.571. The Morgan fingerprint density at radius 2 is 2.05 bits per heavy atom. The summed E-state index contributed by atoms with van der Waals surface area (Å²) in [5, 5.41) is 24.3. The minimum atomic E-state index is -1.04. The molecule has 0 bridgehead atoms. The highest BCUT2D eigenvalue weighted by Gasteiger charge is 2.28. The van der Waals surface area contributed by atoms with Crippen molar-refractivity contribution in [3.8, 4) is 0 Å². The number of carbonyl (C=O) groups is 2. The van der Waals surface area contributed by atoms with E-state index >= 15 is 0 Å². The van der Waals surface area contributed by atoms with Crippen molar-refractivity contribution in [2.45, 2.75) is 39.2 Å². The van der Waals surface area contributed by atoms with E-state index < -0.39 is 12.0 Å². The average Bonchev–Trinajstić information content (AvgIpc) is 2.95. The average molecular weight is 312 g/mol. The van der Waals surface area contributed by atoms with Crippen molar-refractivity contribution in [2.75, 3.05) is 11.9 Å². The Morgan fingerprint density at radius 3 is 2.67 bits per heavy atom. The third-order valence-electron chi connectivity index (χ3n) is 4.04. The van der Waals surface area contributed by atoms with Crippen LogP contribution < -0.4 is 10.6 Å². The van der Waals surface area contributed by atoms with Gasteiger partial charge in [0.15, 0.2) is 0 Å². The molecule has 21 heavy (non-hydrogen) atoms. The van der Waals surface area contributed by atoms with Crippen LogP contribution in [-0.2, 0) is 0 Å². The minimum absolute atomic E-state index is 0.0505. The molecule has 1 heterocycles. The largest absolute Gasteiger partial charge is 0.478 e. The predicted octanol–water partition coefficient (Wildman–Crippen LogP) is 2.35. The Kier molecular flexibility index (Phi) is 4.84. The van der Waals surface area contributed by atoms with E-state index in [-0.39, 0.29) is 24.1 Å². The number of urea groups is 1. The quantitative estimate of drug-likeness (QED) is 0.686. The van der Waals surface area contributed by atoms with Crippen molar-refractivity contribution in [1.82, 2.24) is 5.32 Å². The van der Waals surface area contributed by atoms with Gasteiger partial charge in [0.2, 0.25) is 0 Å². The molecule has 0 radical (unpaired) electrons. The lowest BCUT2D eigenvalue weighted by Gasteiger charge is -2.19. The van der Waals surface area contributed by atoms with Crippen LogP contribution >= 0.6 is 11.3 Å². The van der Waals surface area contributed by atoms with Gasteiger partial charge in [0.25, 0.3) is 0 Å². The second-order valence-corrected chi connectivity index (χ2v) is 6.60.